The van der Waals surface area contributed by atoms with Crippen LogP contribution in [0.4, 0.5) is 9.93 Å². The lowest BCUT2D eigenvalue weighted by Gasteiger charge is -2.22. The Bertz CT molecular complexity index is 919. The summed E-state index contributed by atoms with van der Waals surface area (Å²) in [5.74, 6) is -0.374. The highest BCUT2D eigenvalue weighted by Crippen LogP contribution is 2.40. The second-order valence-corrected chi connectivity index (χ2v) is 8.07. The number of imide groups is 1. The Balaban J connectivity index is 1.45. The van der Waals surface area contributed by atoms with Crippen LogP contribution in [0.5, 0.6) is 0 Å². The van der Waals surface area contributed by atoms with E-state index < -0.39 is 23.4 Å². The quantitative estimate of drug-likeness (QED) is 0.776. The lowest BCUT2D eigenvalue weighted by Crippen LogP contribution is -2.42. The number of hydrogen-bond acceptors (Lipinski definition) is 5. The van der Waals surface area contributed by atoms with Crippen molar-refractivity contribution >= 4 is 34.3 Å². The van der Waals surface area contributed by atoms with Gasteiger partial charge in [0.2, 0.25) is 5.91 Å². The molecular weight excluding hydrogens is 364 g/mol. The number of nitrogens with zero attached hydrogens (tertiary/aromatic N) is 2. The van der Waals surface area contributed by atoms with E-state index in [-0.39, 0.29) is 6.54 Å². The van der Waals surface area contributed by atoms with Gasteiger partial charge in [-0.3, -0.25) is 14.5 Å². The average molecular weight is 384 g/mol. The highest BCUT2D eigenvalue weighted by molar-refractivity contribution is 7.13. The van der Waals surface area contributed by atoms with Crippen LogP contribution in [0.25, 0.3) is 0 Å². The fraction of sp³-hybridized carbons (Fsp3) is 0.368. The van der Waals surface area contributed by atoms with Crippen molar-refractivity contribution in [1.29, 1.82) is 0 Å². The summed E-state index contributed by atoms with van der Waals surface area (Å²) in [4.78, 5) is 42.9. The van der Waals surface area contributed by atoms with Crippen LogP contribution in [-0.4, -0.2) is 34.3 Å². The number of benzene rings is 1. The van der Waals surface area contributed by atoms with Gasteiger partial charge >= 0.3 is 6.03 Å². The number of rotatable bonds is 5. The van der Waals surface area contributed by atoms with Gasteiger partial charge in [0, 0.05) is 11.3 Å². The molecule has 27 heavy (non-hydrogen) atoms. The molecule has 2 aliphatic rings. The van der Waals surface area contributed by atoms with Crippen molar-refractivity contribution in [2.75, 3.05) is 11.9 Å². The lowest BCUT2D eigenvalue weighted by atomic mass is 9.91. The number of hydrogen-bond donors (Lipinski definition) is 2. The van der Waals surface area contributed by atoms with E-state index in [0.717, 1.165) is 29.0 Å². The van der Waals surface area contributed by atoms with Crippen LogP contribution in [0.3, 0.4) is 0 Å². The zero-order chi connectivity index (χ0) is 19.2. The minimum atomic E-state index is -1.18. The average Bonchev–Trinajstić information content (AvgIpc) is 3.34. The molecule has 7 nitrogen and oxygen atoms in total. The highest BCUT2D eigenvalue weighted by atomic mass is 32.1. The Morgan fingerprint density at radius 2 is 2.04 bits per heavy atom. The first-order valence-electron chi connectivity index (χ1n) is 8.83. The zero-order valence-electron chi connectivity index (χ0n) is 15.1. The summed E-state index contributed by atoms with van der Waals surface area (Å²) in [6.07, 6.45) is 2.27. The Labute approximate surface area is 160 Å². The van der Waals surface area contributed by atoms with Gasteiger partial charge in [-0.15, -0.1) is 11.3 Å². The number of amides is 4. The van der Waals surface area contributed by atoms with Gasteiger partial charge in [-0.2, -0.15) is 0 Å². The molecule has 1 atom stereocenters. The lowest BCUT2D eigenvalue weighted by molar-refractivity contribution is -0.133. The second kappa shape index (κ2) is 6.45. The van der Waals surface area contributed by atoms with Gasteiger partial charge < -0.3 is 10.6 Å². The number of nitrogens with one attached hydrogen (secondary N) is 2. The molecule has 140 valence electrons. The van der Waals surface area contributed by atoms with E-state index in [1.807, 2.05) is 36.6 Å². The molecule has 1 aliphatic heterocycles. The Morgan fingerprint density at radius 1 is 1.33 bits per heavy atom. The Morgan fingerprint density at radius 3 is 2.70 bits per heavy atom. The summed E-state index contributed by atoms with van der Waals surface area (Å²) < 4.78 is 0. The summed E-state index contributed by atoms with van der Waals surface area (Å²) in [6.45, 7) is 3.26. The van der Waals surface area contributed by atoms with Gasteiger partial charge in [0.05, 0.1) is 5.69 Å². The summed E-state index contributed by atoms with van der Waals surface area (Å²) in [6, 6.07) is 6.82. The van der Waals surface area contributed by atoms with Crippen molar-refractivity contribution in [3.05, 3.63) is 46.5 Å². The molecule has 1 aliphatic carbocycles. The number of carbonyl (C=O) groups is 3. The van der Waals surface area contributed by atoms with E-state index >= 15 is 0 Å². The van der Waals surface area contributed by atoms with Crippen molar-refractivity contribution in [2.24, 2.45) is 0 Å². The molecule has 2 heterocycles. The largest absolute Gasteiger partial charge is 0.325 e. The van der Waals surface area contributed by atoms with Gasteiger partial charge in [0.1, 0.15) is 12.1 Å². The summed E-state index contributed by atoms with van der Waals surface area (Å²) in [5.41, 5.74) is 1.57. The number of aryl methyl sites for hydroxylation is 1. The first kappa shape index (κ1) is 17.7. The number of urea groups is 1. The molecule has 0 spiro atoms. The van der Waals surface area contributed by atoms with Gasteiger partial charge in [0.15, 0.2) is 5.13 Å². The molecule has 1 aromatic carbocycles. The summed E-state index contributed by atoms with van der Waals surface area (Å²) in [7, 11) is 0. The molecule has 1 saturated carbocycles. The van der Waals surface area contributed by atoms with Crippen LogP contribution in [0.15, 0.2) is 29.6 Å². The first-order chi connectivity index (χ1) is 12.9. The van der Waals surface area contributed by atoms with Gasteiger partial charge in [0.25, 0.3) is 5.91 Å². The van der Waals surface area contributed by atoms with E-state index in [9.17, 15) is 14.4 Å². The molecule has 2 fully saturated rings. The Kier molecular flexibility index (Phi) is 4.22. The fourth-order valence-corrected chi connectivity index (χ4v) is 3.94. The molecule has 0 unspecified atom stereocenters. The smallest absolute Gasteiger partial charge is 0.319 e. The first-order valence-corrected chi connectivity index (χ1v) is 9.71. The van der Waals surface area contributed by atoms with Gasteiger partial charge in [-0.1, -0.05) is 29.8 Å². The van der Waals surface area contributed by atoms with Crippen LogP contribution in [-0.2, 0) is 15.1 Å². The highest BCUT2D eigenvalue weighted by Gasteiger charge is 2.49. The van der Waals surface area contributed by atoms with Crippen molar-refractivity contribution < 1.29 is 14.4 Å². The van der Waals surface area contributed by atoms with E-state index in [4.69, 9.17) is 0 Å². The predicted octanol–water partition coefficient (Wildman–Crippen LogP) is 2.73. The Hall–Kier alpha value is -2.74. The van der Waals surface area contributed by atoms with Crippen LogP contribution < -0.4 is 10.6 Å². The topological polar surface area (TPSA) is 91.4 Å². The molecule has 0 radical (unpaired) electrons. The number of carbonyl (C=O) groups excluding carboxylic acids is 3. The van der Waals surface area contributed by atoms with Crippen molar-refractivity contribution in [2.45, 2.75) is 38.1 Å². The monoisotopic (exact) mass is 384 g/mol. The maximum atomic E-state index is 12.9. The minimum absolute atomic E-state index is 0.343. The molecular formula is C19H20N4O3S. The molecule has 0 bridgehead atoms. The SMILES string of the molecule is Cc1ccc([C@@]2(C)NC(=O)N(CC(=O)Nc3nc(C4CC4)cs3)C2=O)cc1. The third kappa shape index (κ3) is 3.32. The van der Waals surface area contributed by atoms with Crippen molar-refractivity contribution in [1.82, 2.24) is 15.2 Å². The van der Waals surface area contributed by atoms with Crippen LogP contribution >= 0.6 is 11.3 Å². The molecule has 1 saturated heterocycles. The molecule has 4 amide bonds. The molecule has 8 heteroatoms. The third-order valence-corrected chi connectivity index (χ3v) is 5.75. The van der Waals surface area contributed by atoms with Crippen LogP contribution in [0.2, 0.25) is 0 Å². The van der Waals surface area contributed by atoms with Crippen molar-refractivity contribution in [3.63, 3.8) is 0 Å². The van der Waals surface area contributed by atoms with E-state index in [2.05, 4.69) is 15.6 Å². The van der Waals surface area contributed by atoms with E-state index in [1.54, 1.807) is 6.92 Å². The van der Waals surface area contributed by atoms with Crippen molar-refractivity contribution in [3.8, 4) is 0 Å². The maximum absolute atomic E-state index is 12.9. The molecule has 1 aromatic heterocycles. The predicted molar refractivity (Wildman–Crippen MR) is 101 cm³/mol. The number of anilines is 1. The summed E-state index contributed by atoms with van der Waals surface area (Å²) >= 11 is 1.36. The number of aromatic nitrogens is 1. The van der Waals surface area contributed by atoms with E-state index in [0.29, 0.717) is 16.6 Å². The van der Waals surface area contributed by atoms with E-state index in [1.165, 1.54) is 11.3 Å². The minimum Gasteiger partial charge on any atom is -0.319 e. The normalized spacial score (nSPS) is 22.1. The standard InChI is InChI=1S/C19H20N4O3S/c1-11-3-7-13(8-4-11)19(2)16(25)23(18(26)22-19)9-15(24)21-17-20-14(10-27-17)12-5-6-12/h3-4,7-8,10,12H,5-6,9H2,1-2H3,(H,22,26)(H,20,21,24)/t19-/m1/s1. The third-order valence-electron chi connectivity index (χ3n) is 4.97. The molecule has 2 aromatic rings. The van der Waals surface area contributed by atoms with Gasteiger partial charge in [-0.05, 0) is 32.3 Å². The molecule has 2 N–H and O–H groups in total. The van der Waals surface area contributed by atoms with Crippen LogP contribution in [0.1, 0.15) is 42.5 Å². The van der Waals surface area contributed by atoms with Crippen LogP contribution in [0, 0.1) is 6.92 Å². The second-order valence-electron chi connectivity index (χ2n) is 7.21. The molecule has 4 rings (SSSR count). The zero-order valence-corrected chi connectivity index (χ0v) is 15.9. The maximum Gasteiger partial charge on any atom is 0.325 e. The fourth-order valence-electron chi connectivity index (χ4n) is 3.14. The van der Waals surface area contributed by atoms with Gasteiger partial charge in [-0.25, -0.2) is 9.78 Å². The summed E-state index contributed by atoms with van der Waals surface area (Å²) in [5, 5.41) is 7.82. The number of thiazole rings is 1.